The van der Waals surface area contributed by atoms with Gasteiger partial charge < -0.3 is 10.2 Å². The van der Waals surface area contributed by atoms with E-state index in [4.69, 9.17) is 6.42 Å². The second-order valence-electron chi connectivity index (χ2n) is 5.37. The lowest BCUT2D eigenvalue weighted by molar-refractivity contribution is 0.206. The van der Waals surface area contributed by atoms with Crippen LogP contribution in [0.2, 0.25) is 0 Å². The zero-order chi connectivity index (χ0) is 15.4. The van der Waals surface area contributed by atoms with Gasteiger partial charge in [-0.1, -0.05) is 12.0 Å². The van der Waals surface area contributed by atoms with Gasteiger partial charge in [0.25, 0.3) is 0 Å². The van der Waals surface area contributed by atoms with Crippen LogP contribution in [0.25, 0.3) is 0 Å². The molecule has 0 atom stereocenters. The number of nitrogens with one attached hydrogen (secondary N) is 1. The Labute approximate surface area is 130 Å². The van der Waals surface area contributed by atoms with Crippen molar-refractivity contribution in [1.82, 2.24) is 9.88 Å². The molecule has 0 aliphatic heterocycles. The van der Waals surface area contributed by atoms with Crippen LogP contribution in [-0.2, 0) is 6.54 Å². The molecular formula is C18H17N3O. The number of anilines is 1. The normalized spacial score (nSPS) is 13.2. The maximum atomic E-state index is 12.5. The third-order valence-corrected chi connectivity index (χ3v) is 3.63. The van der Waals surface area contributed by atoms with Crippen molar-refractivity contribution in [2.45, 2.75) is 25.4 Å². The second kappa shape index (κ2) is 6.31. The Morgan fingerprint density at radius 3 is 2.77 bits per heavy atom. The summed E-state index contributed by atoms with van der Waals surface area (Å²) >= 11 is 0. The first kappa shape index (κ1) is 14.2. The highest BCUT2D eigenvalue weighted by Gasteiger charge is 2.32. The first-order valence-electron chi connectivity index (χ1n) is 7.29. The monoisotopic (exact) mass is 291 g/mol. The molecule has 3 rings (SSSR count). The van der Waals surface area contributed by atoms with E-state index in [-0.39, 0.29) is 6.03 Å². The largest absolute Gasteiger partial charge is 0.322 e. The summed E-state index contributed by atoms with van der Waals surface area (Å²) in [5.41, 5.74) is 2.56. The van der Waals surface area contributed by atoms with Gasteiger partial charge in [0.1, 0.15) is 0 Å². The molecule has 0 unspecified atom stereocenters. The van der Waals surface area contributed by atoms with Crippen LogP contribution in [0.4, 0.5) is 10.5 Å². The summed E-state index contributed by atoms with van der Waals surface area (Å²) in [7, 11) is 0. The van der Waals surface area contributed by atoms with Crippen molar-refractivity contribution in [3.05, 3.63) is 59.9 Å². The molecule has 110 valence electrons. The van der Waals surface area contributed by atoms with Crippen LogP contribution in [0.15, 0.2) is 48.8 Å². The number of carbonyl (C=O) groups is 1. The van der Waals surface area contributed by atoms with Crippen molar-refractivity contribution in [3.8, 4) is 12.3 Å². The Hall–Kier alpha value is -2.80. The number of rotatable bonds is 4. The van der Waals surface area contributed by atoms with Crippen LogP contribution < -0.4 is 5.32 Å². The molecule has 1 heterocycles. The van der Waals surface area contributed by atoms with Gasteiger partial charge in [0, 0.05) is 36.2 Å². The fourth-order valence-corrected chi connectivity index (χ4v) is 2.32. The average Bonchev–Trinajstić information content (AvgIpc) is 3.38. The highest BCUT2D eigenvalue weighted by molar-refractivity contribution is 5.90. The standard InChI is InChI=1S/C18H17N3O/c1-2-14-4-3-5-16(12-14)20-18(22)21(17-6-7-17)13-15-8-10-19-11-9-15/h1,3-5,8-12,17H,6-7,13H2,(H,20,22). The summed E-state index contributed by atoms with van der Waals surface area (Å²) in [4.78, 5) is 18.4. The molecule has 2 aromatic rings. The molecule has 0 radical (unpaired) electrons. The molecule has 1 aliphatic rings. The summed E-state index contributed by atoms with van der Waals surface area (Å²) in [5.74, 6) is 2.57. The van der Waals surface area contributed by atoms with E-state index < -0.39 is 0 Å². The molecule has 1 N–H and O–H groups in total. The molecule has 1 fully saturated rings. The summed E-state index contributed by atoms with van der Waals surface area (Å²) < 4.78 is 0. The summed E-state index contributed by atoms with van der Waals surface area (Å²) in [6, 6.07) is 11.4. The lowest BCUT2D eigenvalue weighted by Crippen LogP contribution is -2.36. The summed E-state index contributed by atoms with van der Waals surface area (Å²) in [6.07, 6.45) is 11.0. The topological polar surface area (TPSA) is 45.2 Å². The minimum Gasteiger partial charge on any atom is -0.317 e. The molecule has 0 saturated heterocycles. The van der Waals surface area contributed by atoms with E-state index in [0.717, 1.165) is 29.7 Å². The predicted octanol–water partition coefficient (Wildman–Crippen LogP) is 3.26. The van der Waals surface area contributed by atoms with E-state index in [2.05, 4.69) is 16.2 Å². The van der Waals surface area contributed by atoms with Crippen molar-refractivity contribution in [1.29, 1.82) is 0 Å². The number of urea groups is 1. The molecule has 0 spiro atoms. The van der Waals surface area contributed by atoms with Gasteiger partial charge >= 0.3 is 6.03 Å². The maximum absolute atomic E-state index is 12.5. The van der Waals surface area contributed by atoms with Gasteiger partial charge in [-0.2, -0.15) is 0 Å². The van der Waals surface area contributed by atoms with Crippen LogP contribution >= 0.6 is 0 Å². The third-order valence-electron chi connectivity index (χ3n) is 3.63. The zero-order valence-corrected chi connectivity index (χ0v) is 12.2. The van der Waals surface area contributed by atoms with Gasteiger partial charge in [0.2, 0.25) is 0 Å². The summed E-state index contributed by atoms with van der Waals surface area (Å²) in [5, 5.41) is 2.93. The minimum absolute atomic E-state index is 0.0894. The first-order valence-corrected chi connectivity index (χ1v) is 7.29. The van der Waals surface area contributed by atoms with E-state index in [1.165, 1.54) is 0 Å². The van der Waals surface area contributed by atoms with Gasteiger partial charge in [0.15, 0.2) is 0 Å². The van der Waals surface area contributed by atoms with Gasteiger partial charge in [-0.15, -0.1) is 6.42 Å². The van der Waals surface area contributed by atoms with Crippen LogP contribution in [0.1, 0.15) is 24.0 Å². The Bertz CT molecular complexity index is 702. The molecule has 4 nitrogen and oxygen atoms in total. The number of aromatic nitrogens is 1. The molecular weight excluding hydrogens is 274 g/mol. The first-order chi connectivity index (χ1) is 10.8. The summed E-state index contributed by atoms with van der Waals surface area (Å²) in [6.45, 7) is 0.591. The average molecular weight is 291 g/mol. The van der Waals surface area contributed by atoms with Crippen molar-refractivity contribution >= 4 is 11.7 Å². The lowest BCUT2D eigenvalue weighted by Gasteiger charge is -2.23. The number of pyridine rings is 1. The third kappa shape index (κ3) is 3.44. The number of hydrogen-bond donors (Lipinski definition) is 1. The maximum Gasteiger partial charge on any atom is 0.322 e. The van der Waals surface area contributed by atoms with Gasteiger partial charge in [0.05, 0.1) is 0 Å². The lowest BCUT2D eigenvalue weighted by atomic mass is 10.2. The Balaban J connectivity index is 1.71. The van der Waals surface area contributed by atoms with Crippen LogP contribution in [-0.4, -0.2) is 22.0 Å². The second-order valence-corrected chi connectivity index (χ2v) is 5.37. The molecule has 1 aromatic carbocycles. The molecule has 22 heavy (non-hydrogen) atoms. The zero-order valence-electron chi connectivity index (χ0n) is 12.2. The minimum atomic E-state index is -0.0894. The molecule has 1 saturated carbocycles. The highest BCUT2D eigenvalue weighted by Crippen LogP contribution is 2.29. The highest BCUT2D eigenvalue weighted by atomic mass is 16.2. The molecule has 2 amide bonds. The van der Waals surface area contributed by atoms with Crippen LogP contribution in [0, 0.1) is 12.3 Å². The number of benzene rings is 1. The Morgan fingerprint density at radius 1 is 1.32 bits per heavy atom. The fraction of sp³-hybridized carbons (Fsp3) is 0.222. The number of amides is 2. The molecule has 4 heteroatoms. The van der Waals surface area contributed by atoms with Crippen molar-refractivity contribution in [2.24, 2.45) is 0 Å². The van der Waals surface area contributed by atoms with E-state index in [1.807, 2.05) is 35.2 Å². The molecule has 0 bridgehead atoms. The van der Waals surface area contributed by atoms with E-state index in [0.29, 0.717) is 12.6 Å². The quantitative estimate of drug-likeness (QED) is 0.879. The molecule has 1 aromatic heterocycles. The predicted molar refractivity (Wildman–Crippen MR) is 86.2 cm³/mol. The number of carbonyl (C=O) groups excluding carboxylic acids is 1. The van der Waals surface area contributed by atoms with Gasteiger partial charge in [-0.05, 0) is 48.7 Å². The Morgan fingerprint density at radius 2 is 2.09 bits per heavy atom. The fourth-order valence-electron chi connectivity index (χ4n) is 2.32. The smallest absolute Gasteiger partial charge is 0.317 e. The van der Waals surface area contributed by atoms with E-state index in [1.54, 1.807) is 18.5 Å². The van der Waals surface area contributed by atoms with Gasteiger partial charge in [-0.25, -0.2) is 4.79 Å². The van der Waals surface area contributed by atoms with Gasteiger partial charge in [-0.3, -0.25) is 4.98 Å². The van der Waals surface area contributed by atoms with E-state index >= 15 is 0 Å². The number of hydrogen-bond acceptors (Lipinski definition) is 2. The number of nitrogens with zero attached hydrogens (tertiary/aromatic N) is 2. The van der Waals surface area contributed by atoms with Crippen molar-refractivity contribution < 1.29 is 4.79 Å². The number of terminal acetylenes is 1. The molecule has 1 aliphatic carbocycles. The Kier molecular flexibility index (Phi) is 4.06. The van der Waals surface area contributed by atoms with Crippen LogP contribution in [0.3, 0.4) is 0 Å². The van der Waals surface area contributed by atoms with Crippen molar-refractivity contribution in [3.63, 3.8) is 0 Å². The van der Waals surface area contributed by atoms with Crippen molar-refractivity contribution in [2.75, 3.05) is 5.32 Å². The SMILES string of the molecule is C#Cc1cccc(NC(=O)N(Cc2ccncc2)C2CC2)c1. The van der Waals surface area contributed by atoms with E-state index in [9.17, 15) is 4.79 Å². The van der Waals surface area contributed by atoms with Crippen LogP contribution in [0.5, 0.6) is 0 Å².